The van der Waals surface area contributed by atoms with Gasteiger partial charge in [0.25, 0.3) is 11.8 Å². The van der Waals surface area contributed by atoms with E-state index in [1.807, 2.05) is 19.1 Å². The van der Waals surface area contributed by atoms with Gasteiger partial charge >= 0.3 is 6.03 Å². The highest BCUT2D eigenvalue weighted by atomic mass is 35.5. The number of aryl methyl sites for hydroxylation is 1. The number of anilines is 1. The fourth-order valence-electron chi connectivity index (χ4n) is 4.78. The van der Waals surface area contributed by atoms with Crippen LogP contribution < -0.4 is 16.4 Å². The largest absolute Gasteiger partial charge is 0.350 e. The van der Waals surface area contributed by atoms with Gasteiger partial charge in [-0.3, -0.25) is 14.5 Å². The quantitative estimate of drug-likeness (QED) is 0.598. The Labute approximate surface area is 210 Å². The summed E-state index contributed by atoms with van der Waals surface area (Å²) >= 11 is 6.07. The summed E-state index contributed by atoms with van der Waals surface area (Å²) in [5.74, 6) is -0.632. The molecule has 4 amide bonds. The van der Waals surface area contributed by atoms with Gasteiger partial charge in [0.2, 0.25) is 0 Å². The number of hydrogen-bond acceptors (Lipinski definition) is 4. The smallest absolute Gasteiger partial charge is 0.323 e. The second-order valence-electron chi connectivity index (χ2n) is 9.35. The van der Waals surface area contributed by atoms with E-state index in [9.17, 15) is 14.4 Å². The number of carbonyl (C=O) groups is 3. The lowest BCUT2D eigenvalue weighted by Crippen LogP contribution is -2.65. The summed E-state index contributed by atoms with van der Waals surface area (Å²) in [4.78, 5) is 43.4. The van der Waals surface area contributed by atoms with Crippen LogP contribution in [-0.2, 0) is 4.79 Å². The molecule has 2 aliphatic rings. The lowest BCUT2D eigenvalue weighted by molar-refractivity contribution is -0.133. The maximum Gasteiger partial charge on any atom is 0.323 e. The highest BCUT2D eigenvalue weighted by Crippen LogP contribution is 2.23. The molecule has 2 fully saturated rings. The van der Waals surface area contributed by atoms with E-state index in [-0.39, 0.29) is 23.9 Å². The SMILES string of the molecule is Cc1cccc(C(=O)N2CCCN(C(=O)Nc3cccc(Cl)c3)C2C(=O)NC2CCC(N)CC2)c1. The fraction of sp³-hybridized carbons (Fsp3) is 0.423. The monoisotopic (exact) mass is 497 g/mol. The minimum atomic E-state index is -1.06. The molecule has 4 N–H and O–H groups in total. The van der Waals surface area contributed by atoms with Crippen molar-refractivity contribution >= 4 is 35.1 Å². The van der Waals surface area contributed by atoms with Crippen LogP contribution >= 0.6 is 11.6 Å². The summed E-state index contributed by atoms with van der Waals surface area (Å²) in [5.41, 5.74) is 7.97. The predicted octanol–water partition coefficient (Wildman–Crippen LogP) is 3.74. The molecule has 8 nitrogen and oxygen atoms in total. The van der Waals surface area contributed by atoms with Crippen LogP contribution in [0.25, 0.3) is 0 Å². The molecule has 1 heterocycles. The van der Waals surface area contributed by atoms with Crippen molar-refractivity contribution in [3.63, 3.8) is 0 Å². The van der Waals surface area contributed by atoms with Crippen molar-refractivity contribution in [2.24, 2.45) is 5.73 Å². The molecule has 1 atom stereocenters. The average Bonchev–Trinajstić information content (AvgIpc) is 2.84. The highest BCUT2D eigenvalue weighted by Gasteiger charge is 2.41. The van der Waals surface area contributed by atoms with Crippen LogP contribution in [0.15, 0.2) is 48.5 Å². The van der Waals surface area contributed by atoms with Crippen molar-refractivity contribution in [3.8, 4) is 0 Å². The molecular weight excluding hydrogens is 466 g/mol. The van der Waals surface area contributed by atoms with Crippen molar-refractivity contribution in [1.82, 2.24) is 15.1 Å². The van der Waals surface area contributed by atoms with Crippen molar-refractivity contribution in [1.29, 1.82) is 0 Å². The zero-order valence-corrected chi connectivity index (χ0v) is 20.6. The number of nitrogens with zero attached hydrogens (tertiary/aromatic N) is 2. The first-order valence-corrected chi connectivity index (χ1v) is 12.5. The normalized spacial score (nSPS) is 22.4. The first-order valence-electron chi connectivity index (χ1n) is 12.1. The minimum absolute atomic E-state index is 0.0296. The van der Waals surface area contributed by atoms with E-state index >= 15 is 0 Å². The van der Waals surface area contributed by atoms with Gasteiger partial charge in [-0.15, -0.1) is 0 Å². The molecule has 4 rings (SSSR count). The number of halogens is 1. The maximum atomic E-state index is 13.6. The number of amides is 4. The number of urea groups is 1. The highest BCUT2D eigenvalue weighted by molar-refractivity contribution is 6.30. The zero-order valence-electron chi connectivity index (χ0n) is 19.9. The third kappa shape index (κ3) is 6.13. The molecule has 1 aliphatic carbocycles. The average molecular weight is 498 g/mol. The van der Waals surface area contributed by atoms with Crippen LogP contribution in [0.4, 0.5) is 10.5 Å². The molecule has 0 bridgehead atoms. The van der Waals surface area contributed by atoms with Gasteiger partial charge in [-0.25, -0.2) is 4.79 Å². The van der Waals surface area contributed by atoms with Crippen molar-refractivity contribution in [3.05, 3.63) is 64.7 Å². The zero-order chi connectivity index (χ0) is 24.9. The second kappa shape index (κ2) is 11.1. The maximum absolute atomic E-state index is 13.6. The van der Waals surface area contributed by atoms with E-state index in [4.69, 9.17) is 17.3 Å². The van der Waals surface area contributed by atoms with Gasteiger partial charge in [0.05, 0.1) is 0 Å². The third-order valence-electron chi connectivity index (χ3n) is 6.60. The Kier molecular flexibility index (Phi) is 7.93. The van der Waals surface area contributed by atoms with E-state index in [1.165, 1.54) is 9.80 Å². The Morgan fingerprint density at radius 2 is 1.69 bits per heavy atom. The minimum Gasteiger partial charge on any atom is -0.350 e. The molecule has 2 aromatic carbocycles. The van der Waals surface area contributed by atoms with E-state index < -0.39 is 12.2 Å². The molecule has 186 valence electrons. The molecule has 9 heteroatoms. The van der Waals surface area contributed by atoms with Gasteiger partial charge in [-0.05, 0) is 69.4 Å². The Hall–Kier alpha value is -3.10. The van der Waals surface area contributed by atoms with Gasteiger partial charge in [0.1, 0.15) is 0 Å². The lowest BCUT2D eigenvalue weighted by atomic mass is 9.91. The molecule has 1 saturated carbocycles. The number of carbonyl (C=O) groups excluding carboxylic acids is 3. The Bertz CT molecular complexity index is 1090. The summed E-state index contributed by atoms with van der Waals surface area (Å²) in [5, 5.41) is 6.40. The molecule has 0 spiro atoms. The number of nitrogens with two attached hydrogens (primary N) is 1. The van der Waals surface area contributed by atoms with Crippen LogP contribution in [0.3, 0.4) is 0 Å². The summed E-state index contributed by atoms with van der Waals surface area (Å²) < 4.78 is 0. The van der Waals surface area contributed by atoms with Crippen molar-refractivity contribution in [2.75, 3.05) is 18.4 Å². The Morgan fingerprint density at radius 1 is 0.971 bits per heavy atom. The van der Waals surface area contributed by atoms with Crippen molar-refractivity contribution in [2.45, 2.75) is 57.3 Å². The van der Waals surface area contributed by atoms with Crippen LogP contribution in [0.5, 0.6) is 0 Å². The molecule has 0 radical (unpaired) electrons. The summed E-state index contributed by atoms with van der Waals surface area (Å²) in [6.07, 6.45) is 2.72. The van der Waals surface area contributed by atoms with Crippen molar-refractivity contribution < 1.29 is 14.4 Å². The Balaban J connectivity index is 1.59. The first-order chi connectivity index (χ1) is 16.8. The van der Waals surface area contributed by atoms with Gasteiger partial charge in [0, 0.05) is 41.4 Å². The molecule has 35 heavy (non-hydrogen) atoms. The van der Waals surface area contributed by atoms with Gasteiger partial charge in [-0.2, -0.15) is 0 Å². The summed E-state index contributed by atoms with van der Waals surface area (Å²) in [6, 6.07) is 13.7. The number of benzene rings is 2. The van der Waals surface area contributed by atoms with Crippen LogP contribution in [0.1, 0.15) is 48.0 Å². The standard InChI is InChI=1S/C26H32ClN5O3/c1-17-5-2-6-18(15-17)25(34)31-13-4-14-32(26(35)30-22-8-3-7-19(27)16-22)24(31)23(33)29-21-11-9-20(28)10-12-21/h2-3,5-8,15-16,20-21,24H,4,9-14,28H2,1H3,(H,29,33)(H,30,35). The van der Waals surface area contributed by atoms with E-state index in [1.54, 1.807) is 36.4 Å². The Morgan fingerprint density at radius 3 is 2.40 bits per heavy atom. The molecule has 1 aliphatic heterocycles. The third-order valence-corrected chi connectivity index (χ3v) is 6.84. The predicted molar refractivity (Wildman–Crippen MR) is 136 cm³/mol. The van der Waals surface area contributed by atoms with Gasteiger partial charge < -0.3 is 21.3 Å². The van der Waals surface area contributed by atoms with Gasteiger partial charge in [0.15, 0.2) is 6.17 Å². The molecule has 0 aromatic heterocycles. The fourth-order valence-corrected chi connectivity index (χ4v) is 4.97. The van der Waals surface area contributed by atoms with E-state index in [2.05, 4.69) is 10.6 Å². The molecule has 1 saturated heterocycles. The van der Waals surface area contributed by atoms with E-state index in [0.29, 0.717) is 35.8 Å². The number of hydrogen-bond donors (Lipinski definition) is 3. The second-order valence-corrected chi connectivity index (χ2v) is 9.79. The topological polar surface area (TPSA) is 108 Å². The van der Waals surface area contributed by atoms with Crippen LogP contribution in [0.2, 0.25) is 5.02 Å². The van der Waals surface area contributed by atoms with Crippen LogP contribution in [-0.4, -0.2) is 59.0 Å². The summed E-state index contributed by atoms with van der Waals surface area (Å²) in [6.45, 7) is 2.63. The molecule has 2 aromatic rings. The van der Waals surface area contributed by atoms with Gasteiger partial charge in [-0.1, -0.05) is 35.4 Å². The first kappa shape index (κ1) is 25.0. The van der Waals surface area contributed by atoms with Crippen LogP contribution in [0, 0.1) is 6.92 Å². The lowest BCUT2D eigenvalue weighted by Gasteiger charge is -2.43. The number of nitrogens with one attached hydrogen (secondary N) is 2. The number of rotatable bonds is 4. The summed E-state index contributed by atoms with van der Waals surface area (Å²) in [7, 11) is 0. The molecule has 1 unspecified atom stereocenters. The van der Waals surface area contributed by atoms with E-state index in [0.717, 1.165) is 31.2 Å². The molecular formula is C26H32ClN5O3.